The summed E-state index contributed by atoms with van der Waals surface area (Å²) in [6.07, 6.45) is 3.75. The van der Waals surface area contributed by atoms with Gasteiger partial charge in [-0.25, -0.2) is 0 Å². The van der Waals surface area contributed by atoms with Crippen molar-refractivity contribution in [2.24, 2.45) is 5.92 Å². The normalized spacial score (nSPS) is 14.6. The molecule has 0 aliphatic rings. The lowest BCUT2D eigenvalue weighted by Gasteiger charge is -2.43. The molecule has 0 aromatic heterocycles. The van der Waals surface area contributed by atoms with Crippen LogP contribution < -0.4 is 10.4 Å². The second-order valence-corrected chi connectivity index (χ2v) is 13.3. The number of aliphatic hydroxyl groups is 1. The van der Waals surface area contributed by atoms with E-state index in [1.54, 1.807) is 0 Å². The third-order valence-electron chi connectivity index (χ3n) is 5.82. The third kappa shape index (κ3) is 5.34. The Morgan fingerprint density at radius 3 is 1.82 bits per heavy atom. The van der Waals surface area contributed by atoms with Crippen LogP contribution in [0.1, 0.15) is 60.3 Å². The maximum atomic E-state index is 10.4. The molecule has 3 heteroatoms. The molecule has 2 nitrogen and oxygen atoms in total. The number of benzene rings is 2. The minimum absolute atomic E-state index is 0.000227. The van der Waals surface area contributed by atoms with Crippen molar-refractivity contribution in [3.63, 3.8) is 0 Å². The lowest BCUT2D eigenvalue weighted by Crippen LogP contribution is -2.66. The molecule has 0 radical (unpaired) electrons. The van der Waals surface area contributed by atoms with Gasteiger partial charge in [0.05, 0.1) is 6.10 Å². The molecule has 0 spiro atoms. The van der Waals surface area contributed by atoms with Gasteiger partial charge in [0.1, 0.15) is 0 Å². The fourth-order valence-corrected chi connectivity index (χ4v) is 8.63. The number of rotatable bonds is 10. The lowest BCUT2D eigenvalue weighted by molar-refractivity contribution is 0.0904. The van der Waals surface area contributed by atoms with Crippen molar-refractivity contribution in [2.45, 2.75) is 71.4 Å². The molecule has 28 heavy (non-hydrogen) atoms. The van der Waals surface area contributed by atoms with Crippen LogP contribution >= 0.6 is 0 Å². The van der Waals surface area contributed by atoms with Gasteiger partial charge >= 0.3 is 0 Å². The van der Waals surface area contributed by atoms with Gasteiger partial charge in [0.25, 0.3) is 8.32 Å². The van der Waals surface area contributed by atoms with E-state index in [1.807, 2.05) is 0 Å². The van der Waals surface area contributed by atoms with Gasteiger partial charge in [-0.2, -0.15) is 0 Å². The Hall–Kier alpha value is -1.42. The van der Waals surface area contributed by atoms with Crippen LogP contribution in [-0.2, 0) is 4.43 Å². The summed E-state index contributed by atoms with van der Waals surface area (Å²) < 4.78 is 6.92. The standard InChI is InChI=1S/C25H38O2Si/c1-6-7-18-24(26)21(2)19-20-27-28(25(3,4)5,22-14-10-8-11-15-22)23-16-12-9-13-17-23/h8-17,21,24,26H,6-7,18-20H2,1-5H3/t21-,24-/m0/s1. The van der Waals surface area contributed by atoms with Crippen molar-refractivity contribution in [2.75, 3.05) is 6.61 Å². The van der Waals surface area contributed by atoms with Crippen molar-refractivity contribution >= 4 is 18.7 Å². The Morgan fingerprint density at radius 1 is 0.893 bits per heavy atom. The largest absolute Gasteiger partial charge is 0.407 e. The smallest absolute Gasteiger partial charge is 0.261 e. The molecule has 0 fully saturated rings. The zero-order valence-electron chi connectivity index (χ0n) is 18.3. The highest BCUT2D eigenvalue weighted by molar-refractivity contribution is 6.99. The SMILES string of the molecule is CCCC[C@H](O)[C@@H](C)CCO[Si](c1ccccc1)(c1ccccc1)C(C)(C)C. The van der Waals surface area contributed by atoms with Gasteiger partial charge in [0.15, 0.2) is 0 Å². The highest BCUT2D eigenvalue weighted by Crippen LogP contribution is 2.37. The van der Waals surface area contributed by atoms with E-state index in [0.29, 0.717) is 6.61 Å². The van der Waals surface area contributed by atoms with Crippen LogP contribution in [0.25, 0.3) is 0 Å². The number of aliphatic hydroxyl groups excluding tert-OH is 1. The van der Waals surface area contributed by atoms with Crippen molar-refractivity contribution in [1.29, 1.82) is 0 Å². The molecule has 0 bridgehead atoms. The summed E-state index contributed by atoms with van der Waals surface area (Å²) in [5.74, 6) is 0.254. The van der Waals surface area contributed by atoms with Crippen LogP contribution in [0.3, 0.4) is 0 Å². The monoisotopic (exact) mass is 398 g/mol. The molecular formula is C25H38O2Si. The van der Waals surface area contributed by atoms with E-state index in [0.717, 1.165) is 25.7 Å². The van der Waals surface area contributed by atoms with Crippen LogP contribution in [0, 0.1) is 5.92 Å². The van der Waals surface area contributed by atoms with Crippen molar-refractivity contribution in [3.8, 4) is 0 Å². The Balaban J connectivity index is 2.29. The predicted molar refractivity (Wildman–Crippen MR) is 123 cm³/mol. The summed E-state index contributed by atoms with van der Waals surface area (Å²) in [7, 11) is -2.46. The van der Waals surface area contributed by atoms with Gasteiger partial charge in [0, 0.05) is 6.61 Å². The van der Waals surface area contributed by atoms with Crippen LogP contribution in [0.4, 0.5) is 0 Å². The molecule has 2 aromatic carbocycles. The number of hydrogen-bond acceptors (Lipinski definition) is 2. The van der Waals surface area contributed by atoms with E-state index >= 15 is 0 Å². The Morgan fingerprint density at radius 2 is 1.39 bits per heavy atom. The van der Waals surface area contributed by atoms with E-state index in [4.69, 9.17) is 4.43 Å². The van der Waals surface area contributed by atoms with Crippen LogP contribution in [0.5, 0.6) is 0 Å². The molecule has 154 valence electrons. The van der Waals surface area contributed by atoms with Crippen LogP contribution in [-0.4, -0.2) is 26.1 Å². The summed E-state index contributed by atoms with van der Waals surface area (Å²) in [5, 5.41) is 13.1. The third-order valence-corrected chi connectivity index (χ3v) is 10.9. The molecule has 0 amide bonds. The zero-order valence-corrected chi connectivity index (χ0v) is 19.3. The maximum absolute atomic E-state index is 10.4. The maximum Gasteiger partial charge on any atom is 0.261 e. The molecule has 0 saturated carbocycles. The summed E-state index contributed by atoms with van der Waals surface area (Å²) in [6.45, 7) is 11.9. The van der Waals surface area contributed by atoms with Crippen molar-refractivity contribution < 1.29 is 9.53 Å². The molecule has 0 aliphatic carbocycles. The van der Waals surface area contributed by atoms with Crippen molar-refractivity contribution in [3.05, 3.63) is 60.7 Å². The summed E-state index contributed by atoms with van der Waals surface area (Å²) in [6, 6.07) is 21.5. The van der Waals surface area contributed by atoms with Gasteiger partial charge in [0.2, 0.25) is 0 Å². The van der Waals surface area contributed by atoms with E-state index in [2.05, 4.69) is 95.3 Å². The van der Waals surface area contributed by atoms with Crippen molar-refractivity contribution in [1.82, 2.24) is 0 Å². The zero-order chi connectivity index (χ0) is 20.6. The van der Waals surface area contributed by atoms with Crippen LogP contribution in [0.2, 0.25) is 5.04 Å². The molecule has 0 heterocycles. The number of hydrogen-bond donors (Lipinski definition) is 1. The second-order valence-electron chi connectivity index (χ2n) is 8.99. The molecule has 2 aromatic rings. The topological polar surface area (TPSA) is 29.5 Å². The Kier molecular flexibility index (Phi) is 8.48. The van der Waals surface area contributed by atoms with E-state index in [9.17, 15) is 5.11 Å². The van der Waals surface area contributed by atoms with Gasteiger partial charge in [-0.15, -0.1) is 0 Å². The summed E-state index contributed by atoms with van der Waals surface area (Å²) in [4.78, 5) is 0. The lowest BCUT2D eigenvalue weighted by atomic mass is 9.97. The first kappa shape index (κ1) is 22.9. The first-order valence-corrected chi connectivity index (χ1v) is 12.7. The molecule has 2 atom stereocenters. The molecule has 2 rings (SSSR count). The minimum atomic E-state index is -2.46. The first-order chi connectivity index (χ1) is 13.3. The minimum Gasteiger partial charge on any atom is -0.407 e. The fraction of sp³-hybridized carbons (Fsp3) is 0.520. The molecule has 0 unspecified atom stereocenters. The average Bonchev–Trinajstić information content (AvgIpc) is 2.69. The molecular weight excluding hydrogens is 360 g/mol. The quantitative estimate of drug-likeness (QED) is 0.562. The molecule has 0 saturated heterocycles. The van der Waals surface area contributed by atoms with Crippen LogP contribution in [0.15, 0.2) is 60.7 Å². The Bertz CT molecular complexity index is 639. The highest BCUT2D eigenvalue weighted by atomic mass is 28.4. The van der Waals surface area contributed by atoms with E-state index in [-0.39, 0.29) is 17.1 Å². The van der Waals surface area contributed by atoms with E-state index < -0.39 is 8.32 Å². The predicted octanol–water partition coefficient (Wildman–Crippen LogP) is 5.14. The molecule has 0 aliphatic heterocycles. The average molecular weight is 399 g/mol. The number of unbranched alkanes of at least 4 members (excludes halogenated alkanes) is 1. The van der Waals surface area contributed by atoms with Gasteiger partial charge in [-0.1, -0.05) is 108 Å². The van der Waals surface area contributed by atoms with Gasteiger partial charge in [-0.05, 0) is 34.2 Å². The highest BCUT2D eigenvalue weighted by Gasteiger charge is 2.50. The second kappa shape index (κ2) is 10.4. The fourth-order valence-electron chi connectivity index (χ4n) is 4.05. The van der Waals surface area contributed by atoms with E-state index in [1.165, 1.54) is 10.4 Å². The summed E-state index contributed by atoms with van der Waals surface area (Å²) >= 11 is 0. The Labute approximate surface area is 173 Å². The summed E-state index contributed by atoms with van der Waals surface area (Å²) in [5.41, 5.74) is 0. The van der Waals surface area contributed by atoms with Gasteiger partial charge < -0.3 is 9.53 Å². The molecule has 1 N–H and O–H groups in total. The van der Waals surface area contributed by atoms with Gasteiger partial charge in [-0.3, -0.25) is 0 Å². The first-order valence-electron chi connectivity index (χ1n) is 10.8.